The third-order valence-corrected chi connectivity index (χ3v) is 4.76. The number of hydrogen-bond acceptors (Lipinski definition) is 5. The fourth-order valence-corrected chi connectivity index (χ4v) is 3.52. The molecule has 0 unspecified atom stereocenters. The lowest BCUT2D eigenvalue weighted by molar-refractivity contribution is 0.471. The average Bonchev–Trinajstić information content (AvgIpc) is 2.64. The first-order valence-electron chi connectivity index (χ1n) is 8.14. The van der Waals surface area contributed by atoms with Gasteiger partial charge in [0, 0.05) is 37.1 Å². The number of hydrogen-bond donors (Lipinski definition) is 2. The van der Waals surface area contributed by atoms with Gasteiger partial charge in [-0.3, -0.25) is 0 Å². The molecule has 2 N–H and O–H groups in total. The van der Waals surface area contributed by atoms with E-state index in [0.717, 1.165) is 32.2 Å². The molecule has 1 aromatic heterocycles. The minimum atomic E-state index is -0.785. The fraction of sp³-hybridized carbons (Fsp3) is 0.222. The second-order valence-corrected chi connectivity index (χ2v) is 6.42. The lowest BCUT2D eigenvalue weighted by atomic mass is 10.0. The zero-order valence-corrected chi connectivity index (χ0v) is 14.4. The van der Waals surface area contributed by atoms with Crippen LogP contribution in [0.5, 0.6) is 5.75 Å². The highest BCUT2D eigenvalue weighted by molar-refractivity contribution is 6.34. The van der Waals surface area contributed by atoms with E-state index >= 15 is 4.39 Å². The average molecular weight is 377 g/mol. The minimum Gasteiger partial charge on any atom is -0.507 e. The second-order valence-electron chi connectivity index (χ2n) is 6.01. The van der Waals surface area contributed by atoms with Crippen molar-refractivity contribution in [3.63, 3.8) is 0 Å². The van der Waals surface area contributed by atoms with Crippen LogP contribution in [0.25, 0.3) is 22.0 Å². The molecule has 2 aromatic carbocycles. The molecule has 4 rings (SSSR count). The number of aromatic hydroxyl groups is 1. The van der Waals surface area contributed by atoms with Crippen LogP contribution in [0.3, 0.4) is 0 Å². The maximum Gasteiger partial charge on any atom is 0.159 e. The highest BCUT2D eigenvalue weighted by atomic mass is 35.5. The maximum atomic E-state index is 15.2. The van der Waals surface area contributed by atoms with Crippen molar-refractivity contribution >= 4 is 28.3 Å². The summed E-state index contributed by atoms with van der Waals surface area (Å²) in [4.78, 5) is 10.3. The Bertz CT molecular complexity index is 972. The number of phenolic OH excluding ortho intramolecular Hbond substituents is 1. The van der Waals surface area contributed by atoms with Crippen molar-refractivity contribution in [2.45, 2.75) is 0 Å². The third-order valence-electron chi connectivity index (χ3n) is 4.46. The zero-order chi connectivity index (χ0) is 18.3. The molecule has 26 heavy (non-hydrogen) atoms. The highest BCUT2D eigenvalue weighted by Crippen LogP contribution is 2.41. The van der Waals surface area contributed by atoms with Crippen LogP contribution in [0.4, 0.5) is 14.6 Å². The number of nitrogens with one attached hydrogen (secondary N) is 1. The standard InChI is InChI=1S/C18H15ClF2N4O/c19-11-8-10-17(23-9-24-18(10)25-6-4-22-5-7-25)16(21)14(11)15-12(20)2-1-3-13(15)26/h1-3,8-9,22,26H,4-7H2. The van der Waals surface area contributed by atoms with Crippen LogP contribution >= 0.6 is 11.6 Å². The Labute approximate surface area is 153 Å². The van der Waals surface area contributed by atoms with E-state index in [4.69, 9.17) is 11.6 Å². The van der Waals surface area contributed by atoms with E-state index in [-0.39, 0.29) is 27.4 Å². The number of nitrogens with zero attached hydrogens (tertiary/aromatic N) is 3. The van der Waals surface area contributed by atoms with Crippen LogP contribution < -0.4 is 10.2 Å². The number of halogens is 3. The van der Waals surface area contributed by atoms with Crippen molar-refractivity contribution in [3.8, 4) is 16.9 Å². The molecular weight excluding hydrogens is 362 g/mol. The molecule has 3 aromatic rings. The number of anilines is 1. The number of aromatic nitrogens is 2. The Hall–Kier alpha value is -2.51. The Kier molecular flexibility index (Phi) is 4.34. The van der Waals surface area contributed by atoms with E-state index in [9.17, 15) is 9.50 Å². The summed E-state index contributed by atoms with van der Waals surface area (Å²) in [7, 11) is 0. The van der Waals surface area contributed by atoms with Gasteiger partial charge in [-0.2, -0.15) is 0 Å². The first kappa shape index (κ1) is 16.9. The Morgan fingerprint density at radius 1 is 1.12 bits per heavy atom. The van der Waals surface area contributed by atoms with E-state index < -0.39 is 11.6 Å². The molecule has 0 spiro atoms. The van der Waals surface area contributed by atoms with Gasteiger partial charge in [0.25, 0.3) is 0 Å². The van der Waals surface area contributed by atoms with E-state index in [2.05, 4.69) is 15.3 Å². The summed E-state index contributed by atoms with van der Waals surface area (Å²) < 4.78 is 29.5. The number of piperazine rings is 1. The lowest BCUT2D eigenvalue weighted by Gasteiger charge is -2.29. The van der Waals surface area contributed by atoms with Gasteiger partial charge in [-0.25, -0.2) is 18.7 Å². The normalized spacial score (nSPS) is 14.8. The predicted molar refractivity (Wildman–Crippen MR) is 96.6 cm³/mol. The first-order chi connectivity index (χ1) is 12.6. The highest BCUT2D eigenvalue weighted by Gasteiger charge is 2.24. The number of phenols is 1. The van der Waals surface area contributed by atoms with Gasteiger partial charge < -0.3 is 15.3 Å². The molecular formula is C18H15ClF2N4O. The first-order valence-corrected chi connectivity index (χ1v) is 8.52. The molecule has 0 saturated carbocycles. The maximum absolute atomic E-state index is 15.2. The second kappa shape index (κ2) is 6.66. The Balaban J connectivity index is 1.96. The van der Waals surface area contributed by atoms with Gasteiger partial charge in [0.05, 0.1) is 10.6 Å². The molecule has 1 saturated heterocycles. The van der Waals surface area contributed by atoms with Gasteiger partial charge in [0.2, 0.25) is 0 Å². The number of benzene rings is 2. The van der Waals surface area contributed by atoms with Gasteiger partial charge in [-0.05, 0) is 18.2 Å². The summed E-state index contributed by atoms with van der Waals surface area (Å²) >= 11 is 6.29. The number of rotatable bonds is 2. The van der Waals surface area contributed by atoms with Gasteiger partial charge in [-0.15, -0.1) is 0 Å². The van der Waals surface area contributed by atoms with Crippen LogP contribution in [0.15, 0.2) is 30.6 Å². The van der Waals surface area contributed by atoms with Crippen molar-refractivity contribution in [1.82, 2.24) is 15.3 Å². The molecule has 5 nitrogen and oxygen atoms in total. The molecule has 0 radical (unpaired) electrons. The molecule has 0 amide bonds. The number of fused-ring (bicyclic) bond motifs is 1. The molecule has 0 atom stereocenters. The zero-order valence-electron chi connectivity index (χ0n) is 13.6. The van der Waals surface area contributed by atoms with E-state index in [1.807, 2.05) is 4.90 Å². The third kappa shape index (κ3) is 2.73. The molecule has 134 valence electrons. The summed E-state index contributed by atoms with van der Waals surface area (Å²) in [5, 5.41) is 13.7. The van der Waals surface area contributed by atoms with Crippen LogP contribution in [0, 0.1) is 11.6 Å². The van der Waals surface area contributed by atoms with E-state index in [1.54, 1.807) is 0 Å². The van der Waals surface area contributed by atoms with Crippen molar-refractivity contribution in [2.24, 2.45) is 0 Å². The van der Waals surface area contributed by atoms with Crippen molar-refractivity contribution < 1.29 is 13.9 Å². The van der Waals surface area contributed by atoms with Gasteiger partial charge in [-0.1, -0.05) is 17.7 Å². The summed E-state index contributed by atoms with van der Waals surface area (Å²) in [5.41, 5.74) is -0.449. The van der Waals surface area contributed by atoms with Gasteiger partial charge >= 0.3 is 0 Å². The molecule has 0 bridgehead atoms. The smallest absolute Gasteiger partial charge is 0.159 e. The van der Waals surface area contributed by atoms with Crippen LogP contribution in [-0.2, 0) is 0 Å². The molecule has 1 aliphatic heterocycles. The molecule has 2 heterocycles. The van der Waals surface area contributed by atoms with Crippen LogP contribution in [0.2, 0.25) is 5.02 Å². The summed E-state index contributed by atoms with van der Waals surface area (Å²) in [6.07, 6.45) is 1.28. The Morgan fingerprint density at radius 3 is 2.62 bits per heavy atom. The minimum absolute atomic E-state index is 0.0124. The van der Waals surface area contributed by atoms with Crippen molar-refractivity contribution in [1.29, 1.82) is 0 Å². The van der Waals surface area contributed by atoms with Crippen LogP contribution in [0.1, 0.15) is 0 Å². The van der Waals surface area contributed by atoms with Gasteiger partial charge in [0.15, 0.2) is 5.82 Å². The van der Waals surface area contributed by atoms with E-state index in [0.29, 0.717) is 11.2 Å². The summed E-state index contributed by atoms with van der Waals surface area (Å²) in [6, 6.07) is 5.29. The van der Waals surface area contributed by atoms with Crippen molar-refractivity contribution in [3.05, 3.63) is 47.2 Å². The SMILES string of the molecule is Oc1cccc(F)c1-c1c(Cl)cc2c(N3CCNCC3)ncnc2c1F. The fourth-order valence-electron chi connectivity index (χ4n) is 3.23. The van der Waals surface area contributed by atoms with Crippen LogP contribution in [-0.4, -0.2) is 41.3 Å². The van der Waals surface area contributed by atoms with Crippen molar-refractivity contribution in [2.75, 3.05) is 31.1 Å². The summed E-state index contributed by atoms with van der Waals surface area (Å²) in [6.45, 7) is 3.04. The lowest BCUT2D eigenvalue weighted by Crippen LogP contribution is -2.44. The largest absolute Gasteiger partial charge is 0.507 e. The predicted octanol–water partition coefficient (Wildman–Crippen LogP) is 3.34. The molecule has 0 aliphatic carbocycles. The molecule has 1 fully saturated rings. The quantitative estimate of drug-likeness (QED) is 0.718. The van der Waals surface area contributed by atoms with Gasteiger partial charge in [0.1, 0.15) is 29.2 Å². The molecule has 8 heteroatoms. The summed E-state index contributed by atoms with van der Waals surface area (Å²) in [5.74, 6) is -1.35. The Morgan fingerprint density at radius 2 is 1.88 bits per heavy atom. The molecule has 1 aliphatic rings. The topological polar surface area (TPSA) is 61.3 Å². The monoisotopic (exact) mass is 376 g/mol. The van der Waals surface area contributed by atoms with E-state index in [1.165, 1.54) is 24.5 Å².